The minimum Gasteiger partial charge on any atom is -0.480 e. The number of carbonyl (C=O) groups is 2. The maximum atomic E-state index is 12.6. The highest BCUT2D eigenvalue weighted by Gasteiger charge is 2.25. The third-order valence-corrected chi connectivity index (χ3v) is 4.66. The Morgan fingerprint density at radius 3 is 2.41 bits per heavy atom. The summed E-state index contributed by atoms with van der Waals surface area (Å²) in [7, 11) is 1.70. The lowest BCUT2D eigenvalue weighted by molar-refractivity contribution is -0.142. The van der Waals surface area contributed by atoms with Crippen LogP contribution < -0.4 is 10.6 Å². The second-order valence-corrected chi connectivity index (χ2v) is 6.49. The molecule has 0 saturated carbocycles. The number of nitrogens with one attached hydrogen (secondary N) is 3. The summed E-state index contributed by atoms with van der Waals surface area (Å²) < 4.78 is 0. The third kappa shape index (κ3) is 4.54. The monoisotopic (exact) mass is 365 g/mol. The standard InChI is InChI=1S/C21H23N3O3/c1-22-18(11-14-7-3-2-4-8-14)20(25)24-19(21(26)27)12-15-13-23-17-10-6-5-9-16(15)17/h2-10,13,18-19,22-23H,11-12H2,1H3,(H,24,25)(H,26,27)/t18-,19+/m1/s1. The molecule has 0 saturated heterocycles. The number of rotatable bonds is 8. The van der Waals surface area contributed by atoms with Crippen molar-refractivity contribution in [2.45, 2.75) is 24.9 Å². The van der Waals surface area contributed by atoms with E-state index in [2.05, 4.69) is 15.6 Å². The van der Waals surface area contributed by atoms with Gasteiger partial charge in [-0.25, -0.2) is 4.79 Å². The first-order valence-corrected chi connectivity index (χ1v) is 8.88. The molecule has 0 spiro atoms. The number of carbonyl (C=O) groups excluding carboxylic acids is 1. The Hall–Kier alpha value is -3.12. The fourth-order valence-electron chi connectivity index (χ4n) is 3.17. The largest absolute Gasteiger partial charge is 0.480 e. The molecule has 0 unspecified atom stereocenters. The number of likely N-dealkylation sites (N-methyl/N-ethyl adjacent to an activating group) is 1. The number of para-hydroxylation sites is 1. The van der Waals surface area contributed by atoms with Gasteiger partial charge in [0.2, 0.25) is 5.91 Å². The number of benzene rings is 2. The van der Waals surface area contributed by atoms with Crippen molar-refractivity contribution in [3.8, 4) is 0 Å². The summed E-state index contributed by atoms with van der Waals surface area (Å²) in [6.07, 6.45) is 2.50. The smallest absolute Gasteiger partial charge is 0.326 e. The van der Waals surface area contributed by atoms with Gasteiger partial charge in [0.05, 0.1) is 6.04 Å². The van der Waals surface area contributed by atoms with Crippen LogP contribution in [0.5, 0.6) is 0 Å². The lowest BCUT2D eigenvalue weighted by atomic mass is 10.0. The molecule has 27 heavy (non-hydrogen) atoms. The molecule has 1 aromatic heterocycles. The zero-order valence-corrected chi connectivity index (χ0v) is 15.1. The first-order valence-electron chi connectivity index (χ1n) is 8.88. The highest BCUT2D eigenvalue weighted by Crippen LogP contribution is 2.19. The number of aromatic nitrogens is 1. The minimum atomic E-state index is -1.05. The number of carboxylic acid groups (broad SMARTS) is 1. The van der Waals surface area contributed by atoms with Gasteiger partial charge in [-0.05, 0) is 30.7 Å². The summed E-state index contributed by atoms with van der Waals surface area (Å²) in [5.74, 6) is -1.38. The molecule has 2 atom stereocenters. The average molecular weight is 365 g/mol. The molecule has 0 radical (unpaired) electrons. The van der Waals surface area contributed by atoms with Crippen LogP contribution in [0.25, 0.3) is 10.9 Å². The van der Waals surface area contributed by atoms with Crippen LogP contribution in [0.1, 0.15) is 11.1 Å². The van der Waals surface area contributed by atoms with E-state index in [9.17, 15) is 14.7 Å². The van der Waals surface area contributed by atoms with E-state index in [1.54, 1.807) is 13.2 Å². The Bertz CT molecular complexity index is 921. The molecule has 3 rings (SSSR count). The van der Waals surface area contributed by atoms with Gasteiger partial charge in [-0.15, -0.1) is 0 Å². The van der Waals surface area contributed by atoms with E-state index < -0.39 is 18.1 Å². The van der Waals surface area contributed by atoms with Crippen molar-refractivity contribution in [1.29, 1.82) is 0 Å². The molecule has 3 aromatic rings. The second kappa shape index (κ2) is 8.51. The molecular weight excluding hydrogens is 342 g/mol. The number of H-pyrrole nitrogens is 1. The predicted octanol–water partition coefficient (Wildman–Crippen LogP) is 2.11. The van der Waals surface area contributed by atoms with Gasteiger partial charge >= 0.3 is 5.97 Å². The van der Waals surface area contributed by atoms with Gasteiger partial charge in [0.25, 0.3) is 0 Å². The lowest BCUT2D eigenvalue weighted by Gasteiger charge is -2.20. The number of aromatic amines is 1. The van der Waals surface area contributed by atoms with Crippen LogP contribution in [0.2, 0.25) is 0 Å². The molecule has 0 bridgehead atoms. The van der Waals surface area contributed by atoms with Crippen LogP contribution in [-0.4, -0.2) is 41.1 Å². The molecule has 4 N–H and O–H groups in total. The van der Waals surface area contributed by atoms with E-state index in [1.807, 2.05) is 54.6 Å². The molecule has 0 aliphatic carbocycles. The zero-order chi connectivity index (χ0) is 19.2. The average Bonchev–Trinajstić information content (AvgIpc) is 3.09. The van der Waals surface area contributed by atoms with Gasteiger partial charge in [0, 0.05) is 23.5 Å². The summed E-state index contributed by atoms with van der Waals surface area (Å²) in [5.41, 5.74) is 2.82. The van der Waals surface area contributed by atoms with E-state index in [0.29, 0.717) is 6.42 Å². The number of carboxylic acids is 1. The highest BCUT2D eigenvalue weighted by atomic mass is 16.4. The van der Waals surface area contributed by atoms with Crippen LogP contribution in [0, 0.1) is 0 Å². The van der Waals surface area contributed by atoms with Crippen molar-refractivity contribution in [3.05, 3.63) is 71.9 Å². The molecule has 140 valence electrons. The molecular formula is C21H23N3O3. The van der Waals surface area contributed by atoms with Crippen molar-refractivity contribution in [1.82, 2.24) is 15.6 Å². The number of hydrogen-bond donors (Lipinski definition) is 4. The summed E-state index contributed by atoms with van der Waals surface area (Å²) in [4.78, 5) is 27.5. The molecule has 0 aliphatic rings. The number of hydrogen-bond acceptors (Lipinski definition) is 3. The molecule has 1 amide bonds. The number of amides is 1. The second-order valence-electron chi connectivity index (χ2n) is 6.49. The van der Waals surface area contributed by atoms with Gasteiger partial charge in [0.15, 0.2) is 0 Å². The molecule has 6 heteroatoms. The van der Waals surface area contributed by atoms with Crippen LogP contribution in [0.4, 0.5) is 0 Å². The quantitative estimate of drug-likeness (QED) is 0.492. The Morgan fingerprint density at radius 1 is 1.00 bits per heavy atom. The van der Waals surface area contributed by atoms with Crippen LogP contribution in [0.3, 0.4) is 0 Å². The fraction of sp³-hybridized carbons (Fsp3) is 0.238. The molecule has 0 fully saturated rings. The third-order valence-electron chi connectivity index (χ3n) is 4.66. The van der Waals surface area contributed by atoms with Crippen molar-refractivity contribution in [2.24, 2.45) is 0 Å². The Kier molecular flexibility index (Phi) is 5.88. The molecule has 6 nitrogen and oxygen atoms in total. The van der Waals surface area contributed by atoms with Crippen molar-refractivity contribution in [3.63, 3.8) is 0 Å². The van der Waals surface area contributed by atoms with Gasteiger partial charge in [-0.1, -0.05) is 48.5 Å². The van der Waals surface area contributed by atoms with E-state index in [1.165, 1.54) is 0 Å². The SMILES string of the molecule is CN[C@H](Cc1ccccc1)C(=O)N[C@@H](Cc1c[nH]c2ccccc12)C(=O)O. The van der Waals surface area contributed by atoms with E-state index in [0.717, 1.165) is 22.0 Å². The first-order chi connectivity index (χ1) is 13.1. The zero-order valence-electron chi connectivity index (χ0n) is 15.1. The van der Waals surface area contributed by atoms with E-state index >= 15 is 0 Å². The first kappa shape index (κ1) is 18.7. The van der Waals surface area contributed by atoms with Crippen LogP contribution in [0.15, 0.2) is 60.8 Å². The Morgan fingerprint density at radius 2 is 1.70 bits per heavy atom. The lowest BCUT2D eigenvalue weighted by Crippen LogP contribution is -2.51. The Balaban J connectivity index is 1.71. The minimum absolute atomic E-state index is 0.215. The van der Waals surface area contributed by atoms with Crippen LogP contribution >= 0.6 is 0 Å². The topological polar surface area (TPSA) is 94.2 Å². The van der Waals surface area contributed by atoms with Crippen molar-refractivity contribution < 1.29 is 14.7 Å². The summed E-state index contributed by atoms with van der Waals surface area (Å²) in [6, 6.07) is 15.8. The van der Waals surface area contributed by atoms with Crippen molar-refractivity contribution >= 4 is 22.8 Å². The number of fused-ring (bicyclic) bond motifs is 1. The maximum Gasteiger partial charge on any atom is 0.326 e. The highest BCUT2D eigenvalue weighted by molar-refractivity contribution is 5.88. The summed E-state index contributed by atoms with van der Waals surface area (Å²) in [6.45, 7) is 0. The van der Waals surface area contributed by atoms with Gasteiger partial charge in [0.1, 0.15) is 6.04 Å². The normalized spacial score (nSPS) is 13.2. The predicted molar refractivity (Wildman–Crippen MR) is 105 cm³/mol. The van der Waals surface area contributed by atoms with Crippen molar-refractivity contribution in [2.75, 3.05) is 7.05 Å². The molecule has 0 aliphatic heterocycles. The summed E-state index contributed by atoms with van der Waals surface area (Å²) >= 11 is 0. The molecule has 1 heterocycles. The van der Waals surface area contributed by atoms with E-state index in [4.69, 9.17) is 0 Å². The fourth-order valence-corrected chi connectivity index (χ4v) is 3.17. The van der Waals surface area contributed by atoms with Gasteiger partial charge in [-0.2, -0.15) is 0 Å². The Labute approximate surface area is 157 Å². The molecule has 2 aromatic carbocycles. The van der Waals surface area contributed by atoms with Crippen LogP contribution in [-0.2, 0) is 22.4 Å². The number of aliphatic carboxylic acids is 1. The maximum absolute atomic E-state index is 12.6. The summed E-state index contributed by atoms with van der Waals surface area (Å²) in [5, 5.41) is 16.2. The van der Waals surface area contributed by atoms with E-state index in [-0.39, 0.29) is 12.3 Å². The van der Waals surface area contributed by atoms with Gasteiger partial charge < -0.3 is 20.7 Å². The van der Waals surface area contributed by atoms with Gasteiger partial charge in [-0.3, -0.25) is 4.79 Å².